The van der Waals surface area contributed by atoms with E-state index in [1.807, 2.05) is 0 Å². The van der Waals surface area contributed by atoms with E-state index in [-0.39, 0.29) is 12.4 Å². The molecular weight excluding hydrogens is 182 g/mol. The van der Waals surface area contributed by atoms with Crippen molar-refractivity contribution < 1.29 is 14.2 Å². The third-order valence-electron chi connectivity index (χ3n) is 2.78. The zero-order chi connectivity index (χ0) is 9.80. The minimum absolute atomic E-state index is 0.0605. The van der Waals surface area contributed by atoms with Crippen molar-refractivity contribution in [1.29, 1.82) is 0 Å². The minimum atomic E-state index is -0.0605. The fourth-order valence-corrected chi connectivity index (χ4v) is 2.01. The molecule has 3 atom stereocenters. The van der Waals surface area contributed by atoms with Crippen LogP contribution in [0.5, 0.6) is 0 Å². The van der Waals surface area contributed by atoms with E-state index >= 15 is 0 Å². The summed E-state index contributed by atoms with van der Waals surface area (Å²) in [6, 6.07) is 0. The van der Waals surface area contributed by atoms with E-state index in [4.69, 9.17) is 19.9 Å². The van der Waals surface area contributed by atoms with Crippen LogP contribution in [0, 0.1) is 0 Å². The van der Waals surface area contributed by atoms with Gasteiger partial charge in [-0.15, -0.1) is 0 Å². The van der Waals surface area contributed by atoms with E-state index in [0.29, 0.717) is 19.3 Å². The highest BCUT2D eigenvalue weighted by molar-refractivity contribution is 4.71. The Hall–Kier alpha value is -0.160. The number of nitrogens with two attached hydrogens (primary N) is 1. The lowest BCUT2D eigenvalue weighted by Crippen LogP contribution is -2.20. The van der Waals surface area contributed by atoms with E-state index < -0.39 is 0 Å². The highest BCUT2D eigenvalue weighted by atomic mass is 16.7. The second kappa shape index (κ2) is 5.07. The molecule has 0 aromatic rings. The zero-order valence-electron chi connectivity index (χ0n) is 8.48. The molecule has 2 saturated heterocycles. The van der Waals surface area contributed by atoms with Crippen LogP contribution in [0.1, 0.15) is 25.7 Å². The second-order valence-corrected chi connectivity index (χ2v) is 3.97. The Morgan fingerprint density at radius 3 is 2.86 bits per heavy atom. The van der Waals surface area contributed by atoms with Crippen molar-refractivity contribution in [2.75, 3.05) is 19.8 Å². The van der Waals surface area contributed by atoms with Crippen LogP contribution < -0.4 is 5.73 Å². The molecule has 0 spiro atoms. The first-order valence-corrected chi connectivity index (χ1v) is 5.47. The molecule has 0 aliphatic carbocycles. The lowest BCUT2D eigenvalue weighted by molar-refractivity contribution is -0.0860. The van der Waals surface area contributed by atoms with Gasteiger partial charge in [-0.3, -0.25) is 0 Å². The van der Waals surface area contributed by atoms with Gasteiger partial charge in [0.2, 0.25) is 0 Å². The molecule has 0 amide bonds. The van der Waals surface area contributed by atoms with Gasteiger partial charge in [-0.1, -0.05) is 0 Å². The molecule has 82 valence electrons. The van der Waals surface area contributed by atoms with Crippen molar-refractivity contribution in [1.82, 2.24) is 0 Å². The van der Waals surface area contributed by atoms with Crippen molar-refractivity contribution in [3.63, 3.8) is 0 Å². The molecular formula is C10H19NO3. The Bertz CT molecular complexity index is 171. The maximum Gasteiger partial charge on any atom is 0.160 e. The van der Waals surface area contributed by atoms with Gasteiger partial charge < -0.3 is 19.9 Å². The first kappa shape index (κ1) is 10.4. The lowest BCUT2D eigenvalue weighted by atomic mass is 10.2. The quantitative estimate of drug-likeness (QED) is 0.725. The third-order valence-corrected chi connectivity index (χ3v) is 2.78. The summed E-state index contributed by atoms with van der Waals surface area (Å²) in [6.07, 6.45) is 4.56. The maximum atomic E-state index is 5.68. The average molecular weight is 201 g/mol. The third kappa shape index (κ3) is 2.67. The Kier molecular flexibility index (Phi) is 3.75. The molecule has 2 aliphatic rings. The van der Waals surface area contributed by atoms with Crippen LogP contribution in [0.3, 0.4) is 0 Å². The Balaban J connectivity index is 1.67. The molecule has 0 aromatic carbocycles. The normalized spacial score (nSPS) is 37.9. The van der Waals surface area contributed by atoms with Crippen molar-refractivity contribution in [3.8, 4) is 0 Å². The topological polar surface area (TPSA) is 53.7 Å². The van der Waals surface area contributed by atoms with E-state index in [1.165, 1.54) is 6.42 Å². The van der Waals surface area contributed by atoms with Gasteiger partial charge in [-0.2, -0.15) is 0 Å². The Morgan fingerprint density at radius 1 is 1.21 bits per heavy atom. The monoisotopic (exact) mass is 201 g/mol. The van der Waals surface area contributed by atoms with Gasteiger partial charge >= 0.3 is 0 Å². The van der Waals surface area contributed by atoms with E-state index in [9.17, 15) is 0 Å². The number of hydrogen-bond acceptors (Lipinski definition) is 4. The molecule has 4 nitrogen and oxygen atoms in total. The molecule has 0 saturated carbocycles. The number of hydrogen-bond donors (Lipinski definition) is 1. The summed E-state index contributed by atoms with van der Waals surface area (Å²) in [6.45, 7) is 2.25. The van der Waals surface area contributed by atoms with Gasteiger partial charge in [0.05, 0.1) is 18.8 Å². The van der Waals surface area contributed by atoms with Crippen molar-refractivity contribution >= 4 is 0 Å². The summed E-state index contributed by atoms with van der Waals surface area (Å²) < 4.78 is 16.7. The standard InChI is InChI=1S/C10H19NO3/c11-4-3-9-7-13-10(14-9)6-8-2-1-5-12-8/h8-10H,1-7,11H2. The maximum absolute atomic E-state index is 5.68. The average Bonchev–Trinajstić information content (AvgIpc) is 2.79. The SMILES string of the molecule is NCCC1COC(CC2CCCO2)O1. The summed E-state index contributed by atoms with van der Waals surface area (Å²) >= 11 is 0. The molecule has 3 unspecified atom stereocenters. The molecule has 2 rings (SSSR count). The van der Waals surface area contributed by atoms with Gasteiger partial charge in [0.25, 0.3) is 0 Å². The van der Waals surface area contributed by atoms with Gasteiger partial charge in [0.15, 0.2) is 6.29 Å². The predicted molar refractivity (Wildman–Crippen MR) is 51.9 cm³/mol. The Morgan fingerprint density at radius 2 is 2.14 bits per heavy atom. The number of ether oxygens (including phenoxy) is 3. The smallest absolute Gasteiger partial charge is 0.160 e. The van der Waals surface area contributed by atoms with Crippen LogP contribution in [0.25, 0.3) is 0 Å². The fraction of sp³-hybridized carbons (Fsp3) is 1.00. The largest absolute Gasteiger partial charge is 0.378 e. The van der Waals surface area contributed by atoms with Crippen molar-refractivity contribution in [3.05, 3.63) is 0 Å². The van der Waals surface area contributed by atoms with E-state index in [2.05, 4.69) is 0 Å². The Labute approximate surface area is 84.7 Å². The van der Waals surface area contributed by atoms with Crippen molar-refractivity contribution in [2.24, 2.45) is 5.73 Å². The number of rotatable bonds is 4. The van der Waals surface area contributed by atoms with E-state index in [0.717, 1.165) is 25.9 Å². The summed E-state index contributed by atoms with van der Waals surface area (Å²) in [5, 5.41) is 0. The van der Waals surface area contributed by atoms with Crippen molar-refractivity contribution in [2.45, 2.75) is 44.2 Å². The minimum Gasteiger partial charge on any atom is -0.378 e. The fourth-order valence-electron chi connectivity index (χ4n) is 2.01. The van der Waals surface area contributed by atoms with Crippen LogP contribution in [0.15, 0.2) is 0 Å². The molecule has 2 N–H and O–H groups in total. The van der Waals surface area contributed by atoms with Gasteiger partial charge in [-0.25, -0.2) is 0 Å². The van der Waals surface area contributed by atoms with Crippen LogP contribution in [-0.4, -0.2) is 38.3 Å². The molecule has 14 heavy (non-hydrogen) atoms. The summed E-state index contributed by atoms with van der Waals surface area (Å²) in [5.41, 5.74) is 5.46. The first-order valence-electron chi connectivity index (χ1n) is 5.47. The summed E-state index contributed by atoms with van der Waals surface area (Å²) in [7, 11) is 0. The van der Waals surface area contributed by atoms with Gasteiger partial charge in [0, 0.05) is 13.0 Å². The van der Waals surface area contributed by atoms with Gasteiger partial charge in [-0.05, 0) is 25.8 Å². The highest BCUT2D eigenvalue weighted by Crippen LogP contribution is 2.23. The molecule has 0 aromatic heterocycles. The molecule has 0 bridgehead atoms. The summed E-state index contributed by atoms with van der Waals surface area (Å²) in [5.74, 6) is 0. The first-order chi connectivity index (χ1) is 6.88. The molecule has 4 heteroatoms. The molecule has 2 heterocycles. The molecule has 2 aliphatic heterocycles. The zero-order valence-corrected chi connectivity index (χ0v) is 8.48. The van der Waals surface area contributed by atoms with Crippen LogP contribution in [0.4, 0.5) is 0 Å². The van der Waals surface area contributed by atoms with Crippen LogP contribution in [0.2, 0.25) is 0 Å². The van der Waals surface area contributed by atoms with Crippen LogP contribution in [-0.2, 0) is 14.2 Å². The second-order valence-electron chi connectivity index (χ2n) is 3.97. The van der Waals surface area contributed by atoms with Gasteiger partial charge in [0.1, 0.15) is 0 Å². The molecule has 2 fully saturated rings. The predicted octanol–water partition coefficient (Wildman–Crippen LogP) is 0.646. The lowest BCUT2D eigenvalue weighted by Gasteiger charge is -2.14. The highest BCUT2D eigenvalue weighted by Gasteiger charge is 2.29. The molecule has 0 radical (unpaired) electrons. The van der Waals surface area contributed by atoms with Crippen LogP contribution >= 0.6 is 0 Å². The summed E-state index contributed by atoms with van der Waals surface area (Å²) in [4.78, 5) is 0. The van der Waals surface area contributed by atoms with E-state index in [1.54, 1.807) is 0 Å².